The number of thiophene rings is 1. The smallest absolute Gasteiger partial charge is 0.236 e. The van der Waals surface area contributed by atoms with Crippen LogP contribution in [0.4, 0.5) is 0 Å². The minimum Gasteiger partial charge on any atom is -0.344 e. The maximum absolute atomic E-state index is 12.2. The zero-order valence-electron chi connectivity index (χ0n) is 11.6. The first-order valence-electron chi connectivity index (χ1n) is 6.95. The van der Waals surface area contributed by atoms with Gasteiger partial charge in [0.15, 0.2) is 0 Å². The number of likely N-dealkylation sites (N-methyl/N-ethyl adjacent to an activating group) is 1. The quantitative estimate of drug-likeness (QED) is 0.876. The third kappa shape index (κ3) is 4.93. The van der Waals surface area contributed by atoms with Crippen molar-refractivity contribution in [3.8, 4) is 0 Å². The van der Waals surface area contributed by atoms with E-state index in [1.165, 1.54) is 4.88 Å². The van der Waals surface area contributed by atoms with Gasteiger partial charge < -0.3 is 10.2 Å². The lowest BCUT2D eigenvalue weighted by atomic mass is 10.3. The van der Waals surface area contributed by atoms with Crippen molar-refractivity contribution in [3.63, 3.8) is 0 Å². The lowest BCUT2D eigenvalue weighted by Gasteiger charge is -2.23. The Morgan fingerprint density at radius 1 is 1.47 bits per heavy atom. The number of rotatable bonds is 5. The third-order valence-electron chi connectivity index (χ3n) is 3.49. The number of amides is 1. The predicted octanol–water partition coefficient (Wildman–Crippen LogP) is 1.04. The Morgan fingerprint density at radius 2 is 2.37 bits per heavy atom. The zero-order valence-corrected chi connectivity index (χ0v) is 12.4. The number of carbonyl (C=O) groups is 1. The van der Waals surface area contributed by atoms with Crippen LogP contribution in [0.25, 0.3) is 0 Å². The molecule has 1 aliphatic heterocycles. The van der Waals surface area contributed by atoms with Crippen molar-refractivity contribution in [2.24, 2.45) is 0 Å². The highest BCUT2D eigenvalue weighted by Gasteiger charge is 2.15. The summed E-state index contributed by atoms with van der Waals surface area (Å²) in [7, 11) is 1.91. The topological polar surface area (TPSA) is 35.6 Å². The van der Waals surface area contributed by atoms with E-state index in [-0.39, 0.29) is 5.91 Å². The molecule has 0 unspecified atom stereocenters. The highest BCUT2D eigenvalue weighted by atomic mass is 32.1. The molecule has 1 N–H and O–H groups in total. The van der Waals surface area contributed by atoms with Crippen molar-refractivity contribution in [1.82, 2.24) is 15.1 Å². The highest BCUT2D eigenvalue weighted by molar-refractivity contribution is 7.09. The zero-order chi connectivity index (χ0) is 13.5. The van der Waals surface area contributed by atoms with Crippen LogP contribution in [-0.2, 0) is 11.2 Å². The average molecular weight is 281 g/mol. The van der Waals surface area contributed by atoms with E-state index in [9.17, 15) is 4.79 Å². The van der Waals surface area contributed by atoms with E-state index in [4.69, 9.17) is 0 Å². The summed E-state index contributed by atoms with van der Waals surface area (Å²) in [5, 5.41) is 5.44. The van der Waals surface area contributed by atoms with E-state index in [1.54, 1.807) is 11.3 Å². The SMILES string of the molecule is CN(CCc1cccs1)C(=O)CN1CCCNCC1. The largest absolute Gasteiger partial charge is 0.344 e. The lowest BCUT2D eigenvalue weighted by molar-refractivity contribution is -0.131. The van der Waals surface area contributed by atoms with Crippen LogP contribution in [0.5, 0.6) is 0 Å². The van der Waals surface area contributed by atoms with Gasteiger partial charge in [-0.1, -0.05) is 6.07 Å². The van der Waals surface area contributed by atoms with Gasteiger partial charge in [0, 0.05) is 31.6 Å². The summed E-state index contributed by atoms with van der Waals surface area (Å²) in [6.45, 7) is 5.43. The first-order chi connectivity index (χ1) is 9.25. The lowest BCUT2D eigenvalue weighted by Crippen LogP contribution is -2.40. The summed E-state index contributed by atoms with van der Waals surface area (Å²) in [5.41, 5.74) is 0. The molecule has 0 atom stereocenters. The van der Waals surface area contributed by atoms with Gasteiger partial charge in [0.2, 0.25) is 5.91 Å². The van der Waals surface area contributed by atoms with E-state index in [0.29, 0.717) is 6.54 Å². The second-order valence-electron chi connectivity index (χ2n) is 5.02. The van der Waals surface area contributed by atoms with Crippen LogP contribution in [0.15, 0.2) is 17.5 Å². The van der Waals surface area contributed by atoms with E-state index < -0.39 is 0 Å². The van der Waals surface area contributed by atoms with Crippen molar-refractivity contribution in [1.29, 1.82) is 0 Å². The van der Waals surface area contributed by atoms with Crippen molar-refractivity contribution >= 4 is 17.2 Å². The van der Waals surface area contributed by atoms with Crippen LogP contribution < -0.4 is 5.32 Å². The maximum Gasteiger partial charge on any atom is 0.236 e. The van der Waals surface area contributed by atoms with E-state index in [0.717, 1.165) is 45.6 Å². The van der Waals surface area contributed by atoms with E-state index in [1.807, 2.05) is 11.9 Å². The molecule has 1 amide bonds. The molecule has 0 radical (unpaired) electrons. The van der Waals surface area contributed by atoms with Gasteiger partial charge in [-0.25, -0.2) is 0 Å². The summed E-state index contributed by atoms with van der Waals surface area (Å²) < 4.78 is 0. The van der Waals surface area contributed by atoms with Gasteiger partial charge in [0.05, 0.1) is 6.54 Å². The Bertz CT molecular complexity index is 372. The Morgan fingerprint density at radius 3 is 3.16 bits per heavy atom. The predicted molar refractivity (Wildman–Crippen MR) is 79.6 cm³/mol. The van der Waals surface area contributed by atoms with Crippen molar-refractivity contribution in [2.45, 2.75) is 12.8 Å². The van der Waals surface area contributed by atoms with Crippen molar-refractivity contribution < 1.29 is 4.79 Å². The van der Waals surface area contributed by atoms with Gasteiger partial charge in [-0.3, -0.25) is 9.69 Å². The second kappa shape index (κ2) is 7.62. The van der Waals surface area contributed by atoms with Gasteiger partial charge in [-0.2, -0.15) is 0 Å². The minimum absolute atomic E-state index is 0.235. The molecule has 1 aromatic rings. The highest BCUT2D eigenvalue weighted by Crippen LogP contribution is 2.09. The molecule has 0 spiro atoms. The minimum atomic E-state index is 0.235. The molecule has 106 valence electrons. The fourth-order valence-corrected chi connectivity index (χ4v) is 2.93. The summed E-state index contributed by atoms with van der Waals surface area (Å²) in [5.74, 6) is 0.235. The van der Waals surface area contributed by atoms with Gasteiger partial charge in [0.25, 0.3) is 0 Å². The first kappa shape index (κ1) is 14.5. The summed E-state index contributed by atoms with van der Waals surface area (Å²) >= 11 is 1.76. The molecule has 1 fully saturated rings. The molecule has 2 heterocycles. The monoisotopic (exact) mass is 281 g/mol. The summed E-state index contributed by atoms with van der Waals surface area (Å²) in [4.78, 5) is 17.6. The normalized spacial score (nSPS) is 17.1. The number of nitrogens with one attached hydrogen (secondary N) is 1. The van der Waals surface area contributed by atoms with E-state index in [2.05, 4.69) is 27.7 Å². The fourth-order valence-electron chi connectivity index (χ4n) is 2.23. The van der Waals surface area contributed by atoms with Crippen LogP contribution >= 0.6 is 11.3 Å². The van der Waals surface area contributed by atoms with Gasteiger partial charge in [-0.15, -0.1) is 11.3 Å². The van der Waals surface area contributed by atoms with Gasteiger partial charge >= 0.3 is 0 Å². The maximum atomic E-state index is 12.2. The third-order valence-corrected chi connectivity index (χ3v) is 4.43. The second-order valence-corrected chi connectivity index (χ2v) is 6.06. The average Bonchev–Trinajstić information content (AvgIpc) is 2.80. The molecule has 0 saturated carbocycles. The van der Waals surface area contributed by atoms with Crippen LogP contribution in [-0.4, -0.2) is 62.0 Å². The Balaban J connectivity index is 1.72. The summed E-state index contributed by atoms with van der Waals surface area (Å²) in [6, 6.07) is 4.19. The number of hydrogen-bond acceptors (Lipinski definition) is 4. The van der Waals surface area contributed by atoms with E-state index >= 15 is 0 Å². The molecular formula is C14H23N3OS. The van der Waals surface area contributed by atoms with Gasteiger partial charge in [0.1, 0.15) is 0 Å². The van der Waals surface area contributed by atoms with Crippen LogP contribution in [0.1, 0.15) is 11.3 Å². The van der Waals surface area contributed by atoms with Crippen LogP contribution in [0, 0.1) is 0 Å². The van der Waals surface area contributed by atoms with Crippen molar-refractivity contribution in [3.05, 3.63) is 22.4 Å². The molecule has 19 heavy (non-hydrogen) atoms. The molecule has 2 rings (SSSR count). The van der Waals surface area contributed by atoms with Crippen molar-refractivity contribution in [2.75, 3.05) is 46.3 Å². The molecule has 5 heteroatoms. The first-order valence-corrected chi connectivity index (χ1v) is 7.83. The fraction of sp³-hybridized carbons (Fsp3) is 0.643. The molecular weight excluding hydrogens is 258 g/mol. The summed E-state index contributed by atoms with van der Waals surface area (Å²) in [6.07, 6.45) is 2.09. The Labute approximate surface area is 119 Å². The number of carbonyl (C=O) groups excluding carboxylic acids is 1. The molecule has 0 aromatic carbocycles. The van der Waals surface area contributed by atoms with Gasteiger partial charge in [-0.05, 0) is 37.4 Å². The number of hydrogen-bond donors (Lipinski definition) is 1. The molecule has 1 aromatic heterocycles. The Hall–Kier alpha value is -0.910. The van der Waals surface area contributed by atoms with Crippen LogP contribution in [0.3, 0.4) is 0 Å². The molecule has 0 bridgehead atoms. The Kier molecular flexibility index (Phi) is 5.82. The molecule has 4 nitrogen and oxygen atoms in total. The standard InChI is InChI=1S/C14H23N3OS/c1-16(9-5-13-4-2-11-19-13)14(18)12-17-8-3-6-15-7-10-17/h2,4,11,15H,3,5-10,12H2,1H3. The molecule has 1 saturated heterocycles. The molecule has 0 aliphatic carbocycles. The number of nitrogens with zero attached hydrogens (tertiary/aromatic N) is 2. The molecule has 1 aliphatic rings. The van der Waals surface area contributed by atoms with Crippen LogP contribution in [0.2, 0.25) is 0 Å².